The van der Waals surface area contributed by atoms with Crippen molar-refractivity contribution >= 4 is 28.3 Å². The van der Waals surface area contributed by atoms with Crippen molar-refractivity contribution in [3.8, 4) is 17.0 Å². The van der Waals surface area contributed by atoms with E-state index in [2.05, 4.69) is 15.4 Å². The summed E-state index contributed by atoms with van der Waals surface area (Å²) in [6.45, 7) is 3.90. The van der Waals surface area contributed by atoms with E-state index in [1.54, 1.807) is 27.1 Å². The summed E-state index contributed by atoms with van der Waals surface area (Å²) in [5, 5.41) is 7.23. The molecular weight excluding hydrogens is 418 g/mol. The number of hydrogen-bond donors (Lipinski definition) is 1. The Kier molecular flexibility index (Phi) is 6.81. The van der Waals surface area contributed by atoms with Crippen molar-refractivity contribution in [1.82, 2.24) is 19.7 Å². The van der Waals surface area contributed by atoms with E-state index in [-0.39, 0.29) is 12.5 Å². The molecular formula is C21H23N5O4S. The molecule has 0 fully saturated rings. The molecule has 3 rings (SSSR count). The lowest BCUT2D eigenvalue weighted by Gasteiger charge is -2.08. The zero-order chi connectivity index (χ0) is 22.5. The van der Waals surface area contributed by atoms with E-state index < -0.39 is 11.5 Å². The van der Waals surface area contributed by atoms with Crippen molar-refractivity contribution < 1.29 is 14.3 Å². The summed E-state index contributed by atoms with van der Waals surface area (Å²) in [7, 11) is 3.30. The Morgan fingerprint density at radius 3 is 2.52 bits per heavy atom. The Morgan fingerprint density at radius 1 is 1.16 bits per heavy atom. The van der Waals surface area contributed by atoms with E-state index in [1.807, 2.05) is 31.2 Å². The minimum atomic E-state index is -0.462. The van der Waals surface area contributed by atoms with Crippen molar-refractivity contribution in [2.45, 2.75) is 20.4 Å². The third-order valence-electron chi connectivity index (χ3n) is 4.26. The van der Waals surface area contributed by atoms with Gasteiger partial charge in [0.15, 0.2) is 5.13 Å². The van der Waals surface area contributed by atoms with Gasteiger partial charge in [0, 0.05) is 25.7 Å². The molecule has 1 aromatic carbocycles. The van der Waals surface area contributed by atoms with Gasteiger partial charge in [-0.05, 0) is 44.2 Å². The molecule has 31 heavy (non-hydrogen) atoms. The van der Waals surface area contributed by atoms with Crippen LogP contribution < -0.4 is 15.6 Å². The number of aryl methyl sites for hydroxylation is 1. The van der Waals surface area contributed by atoms with E-state index >= 15 is 0 Å². The number of carbonyl (C=O) groups is 2. The summed E-state index contributed by atoms with van der Waals surface area (Å²) in [5.41, 5.74) is 1.48. The quantitative estimate of drug-likeness (QED) is 0.604. The molecule has 0 atom stereocenters. The van der Waals surface area contributed by atoms with E-state index in [0.29, 0.717) is 28.0 Å². The summed E-state index contributed by atoms with van der Waals surface area (Å²) in [5.74, 6) is 0.0947. The topological polar surface area (TPSA) is 106 Å². The molecule has 3 aromatic rings. The standard InChI is InChI=1S/C21H23N5O4S/c1-5-30-15-8-6-14(7-9-15)16-10-11-18(28)26(24-16)12-17(27)23-21-22-13(2)19(31-21)20(29)25(3)4/h6-11H,5,12H2,1-4H3,(H,22,23,27). The molecule has 0 radical (unpaired) electrons. The van der Waals surface area contributed by atoms with Crippen molar-refractivity contribution in [2.75, 3.05) is 26.0 Å². The largest absolute Gasteiger partial charge is 0.494 e. The number of benzene rings is 1. The molecule has 0 spiro atoms. The van der Waals surface area contributed by atoms with Gasteiger partial charge in [0.1, 0.15) is 17.2 Å². The zero-order valence-corrected chi connectivity index (χ0v) is 18.5. The van der Waals surface area contributed by atoms with Crippen LogP contribution in [0.15, 0.2) is 41.2 Å². The van der Waals surface area contributed by atoms with Gasteiger partial charge in [-0.15, -0.1) is 0 Å². The first-order valence-corrected chi connectivity index (χ1v) is 10.4. The highest BCUT2D eigenvalue weighted by molar-refractivity contribution is 7.17. The fourth-order valence-corrected chi connectivity index (χ4v) is 3.75. The van der Waals surface area contributed by atoms with Crippen LogP contribution in [0.2, 0.25) is 0 Å². The van der Waals surface area contributed by atoms with Crippen molar-refractivity contribution in [2.24, 2.45) is 0 Å². The van der Waals surface area contributed by atoms with Crippen LogP contribution in [0.5, 0.6) is 5.75 Å². The van der Waals surface area contributed by atoms with Crippen LogP contribution in [-0.4, -0.2) is 52.2 Å². The molecule has 0 saturated carbocycles. The molecule has 0 aliphatic heterocycles. The lowest BCUT2D eigenvalue weighted by atomic mass is 10.1. The highest BCUT2D eigenvalue weighted by Crippen LogP contribution is 2.23. The van der Waals surface area contributed by atoms with Crippen LogP contribution in [0.3, 0.4) is 0 Å². The third kappa shape index (κ3) is 5.34. The maximum absolute atomic E-state index is 12.5. The van der Waals surface area contributed by atoms with Crippen molar-refractivity contribution in [3.05, 3.63) is 57.3 Å². The summed E-state index contributed by atoms with van der Waals surface area (Å²) >= 11 is 1.09. The highest BCUT2D eigenvalue weighted by atomic mass is 32.1. The highest BCUT2D eigenvalue weighted by Gasteiger charge is 2.18. The number of nitrogens with zero attached hydrogens (tertiary/aromatic N) is 4. The average molecular weight is 442 g/mol. The van der Waals surface area contributed by atoms with Crippen molar-refractivity contribution in [1.29, 1.82) is 0 Å². The Bertz CT molecular complexity index is 1150. The second-order valence-electron chi connectivity index (χ2n) is 6.85. The van der Waals surface area contributed by atoms with Gasteiger partial charge in [0.05, 0.1) is 18.0 Å². The molecule has 1 N–H and O–H groups in total. The molecule has 0 bridgehead atoms. The SMILES string of the molecule is CCOc1ccc(-c2ccc(=O)n(CC(=O)Nc3nc(C)c(C(=O)N(C)C)s3)n2)cc1. The maximum atomic E-state index is 12.5. The second-order valence-corrected chi connectivity index (χ2v) is 7.85. The molecule has 2 heterocycles. The number of amides is 2. The Morgan fingerprint density at radius 2 is 1.87 bits per heavy atom. The van der Waals surface area contributed by atoms with E-state index in [4.69, 9.17) is 4.74 Å². The number of rotatable bonds is 7. The van der Waals surface area contributed by atoms with Gasteiger partial charge in [-0.1, -0.05) is 11.3 Å². The predicted molar refractivity (Wildman–Crippen MR) is 119 cm³/mol. The molecule has 162 valence electrons. The fourth-order valence-electron chi connectivity index (χ4n) is 2.75. The monoisotopic (exact) mass is 441 g/mol. The summed E-state index contributed by atoms with van der Waals surface area (Å²) in [6, 6.07) is 10.3. The molecule has 0 aliphatic rings. The number of hydrogen-bond acceptors (Lipinski definition) is 7. The van der Waals surface area contributed by atoms with Crippen molar-refractivity contribution in [3.63, 3.8) is 0 Å². The number of nitrogens with one attached hydrogen (secondary N) is 1. The number of aromatic nitrogens is 3. The Labute approximate surface area is 183 Å². The van der Waals surface area contributed by atoms with Gasteiger partial charge in [0.2, 0.25) is 5.91 Å². The summed E-state index contributed by atoms with van der Waals surface area (Å²) < 4.78 is 6.52. The second kappa shape index (κ2) is 9.52. The Balaban J connectivity index is 1.74. The van der Waals surface area contributed by atoms with Crippen LogP contribution in [0.4, 0.5) is 5.13 Å². The lowest BCUT2D eigenvalue weighted by molar-refractivity contribution is -0.117. The van der Waals surface area contributed by atoms with E-state index in [0.717, 1.165) is 27.3 Å². The van der Waals surface area contributed by atoms with E-state index in [9.17, 15) is 14.4 Å². The molecule has 0 unspecified atom stereocenters. The van der Waals surface area contributed by atoms with Crippen LogP contribution in [0, 0.1) is 6.92 Å². The van der Waals surface area contributed by atoms with Crippen LogP contribution in [0.25, 0.3) is 11.3 Å². The normalized spacial score (nSPS) is 10.6. The Hall–Kier alpha value is -3.53. The molecule has 10 heteroatoms. The lowest BCUT2D eigenvalue weighted by Crippen LogP contribution is -2.29. The van der Waals surface area contributed by atoms with Gasteiger partial charge < -0.3 is 15.0 Å². The van der Waals surface area contributed by atoms with Crippen LogP contribution >= 0.6 is 11.3 Å². The summed E-state index contributed by atoms with van der Waals surface area (Å²) in [6.07, 6.45) is 0. The van der Waals surface area contributed by atoms with Gasteiger partial charge in [-0.2, -0.15) is 5.10 Å². The van der Waals surface area contributed by atoms with E-state index in [1.165, 1.54) is 11.0 Å². The van der Waals surface area contributed by atoms with Crippen LogP contribution in [0.1, 0.15) is 22.3 Å². The molecule has 9 nitrogen and oxygen atoms in total. The molecule has 0 aliphatic carbocycles. The smallest absolute Gasteiger partial charge is 0.267 e. The molecule has 2 amide bonds. The third-order valence-corrected chi connectivity index (χ3v) is 5.33. The number of anilines is 1. The van der Waals surface area contributed by atoms with Gasteiger partial charge in [0.25, 0.3) is 11.5 Å². The minimum absolute atomic E-state index is 0.184. The van der Waals surface area contributed by atoms with Gasteiger partial charge in [-0.25, -0.2) is 9.67 Å². The van der Waals surface area contributed by atoms with Crippen LogP contribution in [-0.2, 0) is 11.3 Å². The zero-order valence-electron chi connectivity index (χ0n) is 17.7. The first-order chi connectivity index (χ1) is 14.8. The number of ether oxygens (including phenoxy) is 1. The number of carbonyl (C=O) groups excluding carboxylic acids is 2. The minimum Gasteiger partial charge on any atom is -0.494 e. The molecule has 0 saturated heterocycles. The fraction of sp³-hybridized carbons (Fsp3) is 0.286. The first-order valence-electron chi connectivity index (χ1n) is 9.58. The first kappa shape index (κ1) is 22.2. The molecule has 2 aromatic heterocycles. The predicted octanol–water partition coefficient (Wildman–Crippen LogP) is 2.41. The summed E-state index contributed by atoms with van der Waals surface area (Å²) in [4.78, 5) is 42.9. The van der Waals surface area contributed by atoms with Gasteiger partial charge in [-0.3, -0.25) is 14.4 Å². The average Bonchev–Trinajstić information content (AvgIpc) is 3.09. The van der Waals surface area contributed by atoms with Gasteiger partial charge >= 0.3 is 0 Å². The number of thiazole rings is 1. The maximum Gasteiger partial charge on any atom is 0.267 e.